The molecule has 0 saturated heterocycles. The number of rotatable bonds is 12. The van der Waals surface area contributed by atoms with Gasteiger partial charge in [-0.1, -0.05) is 58.3 Å². The number of hydrogen-bond donors (Lipinski definition) is 1. The molecule has 22 heavy (non-hydrogen) atoms. The van der Waals surface area contributed by atoms with Gasteiger partial charge in [0.2, 0.25) is 0 Å². The first-order valence-electron chi connectivity index (χ1n) is 8.73. The van der Waals surface area contributed by atoms with E-state index < -0.39 is 11.8 Å². The molecule has 0 spiro atoms. The van der Waals surface area contributed by atoms with Crippen molar-refractivity contribution >= 4 is 5.97 Å². The molecule has 1 aromatic heterocycles. The van der Waals surface area contributed by atoms with E-state index in [1.807, 2.05) is 0 Å². The summed E-state index contributed by atoms with van der Waals surface area (Å²) < 4.78 is 18.4. The van der Waals surface area contributed by atoms with Crippen molar-refractivity contribution in [2.45, 2.75) is 78.1 Å². The highest BCUT2D eigenvalue weighted by Gasteiger charge is 2.16. The van der Waals surface area contributed by atoms with E-state index >= 15 is 0 Å². The summed E-state index contributed by atoms with van der Waals surface area (Å²) in [5, 5.41) is 0. The number of esters is 1. The Morgan fingerprint density at radius 2 is 1.64 bits per heavy atom. The predicted octanol–water partition coefficient (Wildman–Crippen LogP) is 5.40. The fourth-order valence-corrected chi connectivity index (χ4v) is 2.59. The lowest BCUT2D eigenvalue weighted by molar-refractivity contribution is 0.0514. The van der Waals surface area contributed by atoms with Gasteiger partial charge < -0.3 is 9.72 Å². The molecule has 3 nitrogen and oxygen atoms in total. The van der Waals surface area contributed by atoms with E-state index in [1.54, 1.807) is 6.92 Å². The van der Waals surface area contributed by atoms with Crippen LogP contribution in [0.4, 0.5) is 4.39 Å². The van der Waals surface area contributed by atoms with E-state index in [0.717, 1.165) is 25.0 Å². The number of carbonyl (C=O) groups excluding carboxylic acids is 1. The maximum Gasteiger partial charge on any atom is 0.357 e. The lowest BCUT2D eigenvalue weighted by Gasteiger charge is -2.02. The summed E-state index contributed by atoms with van der Waals surface area (Å²) in [6.07, 6.45) is 12.2. The molecule has 0 amide bonds. The number of aryl methyl sites for hydroxylation is 1. The maximum absolute atomic E-state index is 13.6. The average molecular weight is 311 g/mol. The molecule has 0 unspecified atom stereocenters. The zero-order valence-electron chi connectivity index (χ0n) is 14.0. The van der Waals surface area contributed by atoms with Crippen molar-refractivity contribution in [3.63, 3.8) is 0 Å². The Hall–Kier alpha value is -1.32. The summed E-state index contributed by atoms with van der Waals surface area (Å²) in [6, 6.07) is 1.41. The molecule has 4 heteroatoms. The van der Waals surface area contributed by atoms with Gasteiger partial charge in [0.15, 0.2) is 11.5 Å². The molecule has 0 aliphatic rings. The largest absolute Gasteiger partial charge is 0.461 e. The number of ether oxygens (including phenoxy) is 1. The van der Waals surface area contributed by atoms with Gasteiger partial charge in [-0.15, -0.1) is 0 Å². The van der Waals surface area contributed by atoms with Crippen LogP contribution < -0.4 is 0 Å². The third-order valence-electron chi connectivity index (χ3n) is 3.85. The molecule has 0 saturated carbocycles. The average Bonchev–Trinajstić information content (AvgIpc) is 2.87. The number of nitrogens with one attached hydrogen (secondary N) is 1. The first kappa shape index (κ1) is 18.7. The molecule has 126 valence electrons. The second kappa shape index (κ2) is 11.3. The van der Waals surface area contributed by atoms with Crippen LogP contribution in [0.2, 0.25) is 0 Å². The summed E-state index contributed by atoms with van der Waals surface area (Å²) in [4.78, 5) is 14.4. The number of aromatic nitrogens is 1. The zero-order chi connectivity index (χ0) is 16.2. The SMILES string of the molecule is CCCCCCCCCCCc1cc(F)c(C(=O)OCC)[nH]1. The van der Waals surface area contributed by atoms with E-state index in [1.165, 1.54) is 51.0 Å². The molecule has 1 aromatic rings. The maximum atomic E-state index is 13.6. The number of aromatic amines is 1. The first-order chi connectivity index (χ1) is 10.7. The van der Waals surface area contributed by atoms with Crippen LogP contribution in [0, 0.1) is 5.82 Å². The van der Waals surface area contributed by atoms with Gasteiger partial charge in [0.05, 0.1) is 6.61 Å². The second-order valence-corrected chi connectivity index (χ2v) is 5.82. The Bertz CT molecular complexity index is 429. The first-order valence-corrected chi connectivity index (χ1v) is 8.73. The molecule has 0 atom stereocenters. The predicted molar refractivity (Wildman–Crippen MR) is 87.6 cm³/mol. The molecule has 0 aliphatic carbocycles. The molecule has 0 bridgehead atoms. The summed E-state index contributed by atoms with van der Waals surface area (Å²) in [5.74, 6) is -1.12. The molecule has 1 N–H and O–H groups in total. The van der Waals surface area contributed by atoms with E-state index in [9.17, 15) is 9.18 Å². The number of unbranched alkanes of at least 4 members (excludes halogenated alkanes) is 8. The molecular formula is C18H30FNO2. The molecule has 1 heterocycles. The van der Waals surface area contributed by atoms with Gasteiger partial charge in [-0.2, -0.15) is 0 Å². The van der Waals surface area contributed by atoms with Gasteiger partial charge in [-0.05, 0) is 25.8 Å². The van der Waals surface area contributed by atoms with Gasteiger partial charge >= 0.3 is 5.97 Å². The smallest absolute Gasteiger partial charge is 0.357 e. The van der Waals surface area contributed by atoms with Crippen LogP contribution >= 0.6 is 0 Å². The Morgan fingerprint density at radius 3 is 2.23 bits per heavy atom. The number of H-pyrrole nitrogens is 1. The van der Waals surface area contributed by atoms with Crippen LogP contribution in [0.25, 0.3) is 0 Å². The Labute approximate surface area is 133 Å². The Kier molecular flexibility index (Phi) is 9.60. The molecule has 0 radical (unpaired) electrons. The third kappa shape index (κ3) is 7.10. The van der Waals surface area contributed by atoms with Crippen molar-refractivity contribution in [1.29, 1.82) is 0 Å². The van der Waals surface area contributed by atoms with Crippen LogP contribution in [0.3, 0.4) is 0 Å². The minimum atomic E-state index is -0.613. The topological polar surface area (TPSA) is 42.1 Å². The summed E-state index contributed by atoms with van der Waals surface area (Å²) in [5.41, 5.74) is 0.733. The van der Waals surface area contributed by atoms with Crippen LogP contribution in [0.5, 0.6) is 0 Å². The fourth-order valence-electron chi connectivity index (χ4n) is 2.59. The molecule has 1 rings (SSSR count). The van der Waals surface area contributed by atoms with E-state index in [-0.39, 0.29) is 12.3 Å². The van der Waals surface area contributed by atoms with E-state index in [2.05, 4.69) is 11.9 Å². The van der Waals surface area contributed by atoms with Crippen molar-refractivity contribution in [2.75, 3.05) is 6.61 Å². The van der Waals surface area contributed by atoms with Crippen LogP contribution in [-0.4, -0.2) is 17.6 Å². The van der Waals surface area contributed by atoms with Crippen molar-refractivity contribution < 1.29 is 13.9 Å². The van der Waals surface area contributed by atoms with Crippen molar-refractivity contribution in [2.24, 2.45) is 0 Å². The highest BCUT2D eigenvalue weighted by molar-refractivity contribution is 5.87. The molecule has 0 aliphatic heterocycles. The van der Waals surface area contributed by atoms with Gasteiger partial charge in [0.1, 0.15) is 0 Å². The van der Waals surface area contributed by atoms with Crippen molar-refractivity contribution in [3.8, 4) is 0 Å². The van der Waals surface area contributed by atoms with Gasteiger partial charge in [0.25, 0.3) is 0 Å². The number of hydrogen-bond acceptors (Lipinski definition) is 2. The Balaban J connectivity index is 2.15. The minimum Gasteiger partial charge on any atom is -0.461 e. The Morgan fingerprint density at radius 1 is 1.05 bits per heavy atom. The lowest BCUT2D eigenvalue weighted by Crippen LogP contribution is -2.07. The zero-order valence-corrected chi connectivity index (χ0v) is 14.0. The lowest BCUT2D eigenvalue weighted by atomic mass is 10.1. The van der Waals surface area contributed by atoms with Gasteiger partial charge in [-0.25, -0.2) is 9.18 Å². The number of halogens is 1. The van der Waals surface area contributed by atoms with Crippen LogP contribution in [0.15, 0.2) is 6.07 Å². The van der Waals surface area contributed by atoms with Crippen molar-refractivity contribution in [3.05, 3.63) is 23.3 Å². The highest BCUT2D eigenvalue weighted by atomic mass is 19.1. The fraction of sp³-hybridized carbons (Fsp3) is 0.722. The third-order valence-corrected chi connectivity index (χ3v) is 3.85. The van der Waals surface area contributed by atoms with E-state index in [0.29, 0.717) is 0 Å². The summed E-state index contributed by atoms with van der Waals surface area (Å²) in [6.45, 7) is 4.20. The second-order valence-electron chi connectivity index (χ2n) is 5.82. The normalized spacial score (nSPS) is 10.9. The molecule has 0 fully saturated rings. The van der Waals surface area contributed by atoms with E-state index in [4.69, 9.17) is 4.74 Å². The highest BCUT2D eigenvalue weighted by Crippen LogP contribution is 2.15. The van der Waals surface area contributed by atoms with Crippen LogP contribution in [0.1, 0.15) is 87.8 Å². The van der Waals surface area contributed by atoms with Gasteiger partial charge in [-0.3, -0.25) is 0 Å². The quantitative estimate of drug-likeness (QED) is 0.414. The molecular weight excluding hydrogens is 281 g/mol. The summed E-state index contributed by atoms with van der Waals surface area (Å²) >= 11 is 0. The molecule has 0 aromatic carbocycles. The number of carbonyl (C=O) groups is 1. The summed E-state index contributed by atoms with van der Waals surface area (Å²) in [7, 11) is 0. The van der Waals surface area contributed by atoms with Crippen molar-refractivity contribution in [1.82, 2.24) is 4.98 Å². The standard InChI is InChI=1S/C18H30FNO2/c1-3-5-6-7-8-9-10-11-12-13-15-14-16(19)17(20-15)18(21)22-4-2/h14,20H,3-13H2,1-2H3. The monoisotopic (exact) mass is 311 g/mol. The van der Waals surface area contributed by atoms with Gasteiger partial charge in [0, 0.05) is 5.69 Å². The minimum absolute atomic E-state index is 0.0484. The van der Waals surface area contributed by atoms with Crippen LogP contribution in [-0.2, 0) is 11.2 Å².